The molecule has 1 spiro atoms. The minimum Gasteiger partial charge on any atom is -0.310 e. The van der Waals surface area contributed by atoms with E-state index < -0.39 is 11.5 Å². The average Bonchev–Trinajstić information content (AvgIpc) is 3.86. The maximum atomic E-state index is 8.68. The predicted octanol–water partition coefficient (Wildman–Crippen LogP) is 16.2. The van der Waals surface area contributed by atoms with Crippen LogP contribution in [0.2, 0.25) is 0 Å². The predicted molar refractivity (Wildman–Crippen MR) is 259 cm³/mol. The Hall–Kier alpha value is -8.00. The topological polar surface area (TPSA) is 3.24 Å². The van der Waals surface area contributed by atoms with Crippen molar-refractivity contribution in [1.82, 2.24) is 0 Å². The molecule has 62 heavy (non-hydrogen) atoms. The minimum atomic E-state index is -0.437. The van der Waals surface area contributed by atoms with E-state index in [0.29, 0.717) is 5.56 Å². The van der Waals surface area contributed by atoms with Crippen LogP contribution in [0.1, 0.15) is 29.1 Å². The van der Waals surface area contributed by atoms with E-state index in [1.54, 1.807) is 0 Å². The van der Waals surface area contributed by atoms with Gasteiger partial charge in [0.05, 0.1) is 12.3 Å². The van der Waals surface area contributed by atoms with Gasteiger partial charge in [0.25, 0.3) is 0 Å². The molecule has 10 aromatic rings. The lowest BCUT2D eigenvalue weighted by Gasteiger charge is -2.30. The van der Waals surface area contributed by atoms with Crippen LogP contribution in [0.25, 0.3) is 66.8 Å². The van der Waals surface area contributed by atoms with E-state index in [9.17, 15) is 0 Å². The molecule has 1 nitrogen and oxygen atoms in total. The fourth-order valence-corrected chi connectivity index (χ4v) is 10.0. The van der Waals surface area contributed by atoms with E-state index in [1.165, 1.54) is 44.5 Å². The molecule has 0 amide bonds. The fourth-order valence-electron chi connectivity index (χ4n) is 10.0. The van der Waals surface area contributed by atoms with Gasteiger partial charge in [-0.15, -0.1) is 0 Å². The van der Waals surface area contributed by atoms with Gasteiger partial charge in [0.1, 0.15) is 0 Å². The van der Waals surface area contributed by atoms with Crippen LogP contribution in [0.15, 0.2) is 249 Å². The first-order valence-corrected chi connectivity index (χ1v) is 21.1. The molecule has 10 aromatic carbocycles. The number of fused-ring (bicyclic) bond motifs is 10. The lowest BCUT2D eigenvalue weighted by atomic mass is 9.70. The summed E-state index contributed by atoms with van der Waals surface area (Å²) in [5, 5.41) is 0. The molecule has 0 aliphatic heterocycles. The quantitative estimate of drug-likeness (QED) is 0.155. The van der Waals surface area contributed by atoms with Crippen molar-refractivity contribution >= 4 is 17.1 Å². The molecule has 0 aromatic heterocycles. The second-order valence-corrected chi connectivity index (χ2v) is 16.1. The first-order chi connectivity index (χ1) is 32.8. The van der Waals surface area contributed by atoms with Gasteiger partial charge in [0.15, 0.2) is 0 Å². The van der Waals surface area contributed by atoms with Crippen LogP contribution < -0.4 is 4.90 Å². The summed E-state index contributed by atoms with van der Waals surface area (Å²) in [5.74, 6) is 0. The van der Waals surface area contributed by atoms with Gasteiger partial charge < -0.3 is 4.90 Å². The van der Waals surface area contributed by atoms with Crippen LogP contribution in [0, 0.1) is 0 Å². The van der Waals surface area contributed by atoms with Gasteiger partial charge in [-0.1, -0.05) is 200 Å². The second kappa shape index (κ2) is 14.6. The third-order valence-electron chi connectivity index (χ3n) is 12.8. The van der Waals surface area contributed by atoms with Gasteiger partial charge in [-0.25, -0.2) is 0 Å². The van der Waals surface area contributed by atoms with E-state index in [-0.39, 0.29) is 29.7 Å². The van der Waals surface area contributed by atoms with Crippen LogP contribution in [-0.2, 0) is 5.41 Å². The molecular formula is C61H41N. The van der Waals surface area contributed by atoms with Gasteiger partial charge in [-0.2, -0.15) is 0 Å². The largest absolute Gasteiger partial charge is 0.310 e. The molecule has 1 heteroatoms. The first-order valence-electron chi connectivity index (χ1n) is 23.6. The van der Waals surface area contributed by atoms with Crippen LogP contribution in [0.3, 0.4) is 0 Å². The average molecular weight is 793 g/mol. The number of benzene rings is 10. The molecule has 0 N–H and O–H groups in total. The van der Waals surface area contributed by atoms with Crippen LogP contribution in [-0.4, -0.2) is 0 Å². The SMILES string of the molecule is [2H]c1c([2H])c([2H])c(-c2ccc(N(c3ccc(-c4ccc5c(c4)C4(c6ccccc6-c6ccccc64)c4ccccc4-5)cc3)c3cc(-c4ccccc4)cc(-c4ccccc4)c3)cc2)c([2H])c1[2H]. The Morgan fingerprint density at radius 2 is 0.677 bits per heavy atom. The number of nitrogens with zero attached hydrogens (tertiary/aromatic N) is 1. The van der Waals surface area contributed by atoms with Gasteiger partial charge in [0, 0.05) is 17.1 Å². The Morgan fingerprint density at radius 3 is 1.18 bits per heavy atom. The molecule has 0 radical (unpaired) electrons. The van der Waals surface area contributed by atoms with Crippen LogP contribution in [0.5, 0.6) is 0 Å². The molecule has 12 rings (SSSR count). The van der Waals surface area contributed by atoms with E-state index >= 15 is 0 Å². The van der Waals surface area contributed by atoms with Gasteiger partial charge in [0.2, 0.25) is 0 Å². The maximum absolute atomic E-state index is 8.68. The number of rotatable bonds is 7. The summed E-state index contributed by atoms with van der Waals surface area (Å²) >= 11 is 0. The molecule has 0 heterocycles. The normalized spacial score (nSPS) is 13.8. The van der Waals surface area contributed by atoms with Crippen molar-refractivity contribution in [2.75, 3.05) is 4.90 Å². The summed E-state index contributed by atoms with van der Waals surface area (Å²) in [6, 6.07) is 75.9. The van der Waals surface area contributed by atoms with E-state index in [1.807, 2.05) is 36.4 Å². The highest BCUT2D eigenvalue weighted by molar-refractivity contribution is 5.96. The second-order valence-electron chi connectivity index (χ2n) is 16.1. The highest BCUT2D eigenvalue weighted by Gasteiger charge is 2.51. The Morgan fingerprint density at radius 1 is 0.274 bits per heavy atom. The summed E-state index contributed by atoms with van der Waals surface area (Å²) in [4.78, 5) is 2.23. The smallest absolute Gasteiger partial charge is 0.0725 e. The highest BCUT2D eigenvalue weighted by atomic mass is 15.1. The van der Waals surface area contributed by atoms with Gasteiger partial charge >= 0.3 is 0 Å². The Bertz CT molecular complexity index is 3420. The first kappa shape index (κ1) is 31.0. The zero-order chi connectivity index (χ0) is 45.4. The Kier molecular flexibility index (Phi) is 7.30. The van der Waals surface area contributed by atoms with Crippen LogP contribution in [0.4, 0.5) is 17.1 Å². The summed E-state index contributed by atoms with van der Waals surface area (Å²) in [7, 11) is 0. The molecule has 0 atom stereocenters. The van der Waals surface area contributed by atoms with E-state index in [2.05, 4.69) is 187 Å². The lowest BCUT2D eigenvalue weighted by Crippen LogP contribution is -2.25. The zero-order valence-corrected chi connectivity index (χ0v) is 33.7. The van der Waals surface area contributed by atoms with Gasteiger partial charge in [-0.3, -0.25) is 0 Å². The summed E-state index contributed by atoms with van der Waals surface area (Å²) in [6.07, 6.45) is 0. The Labute approximate surface area is 370 Å². The zero-order valence-electron chi connectivity index (χ0n) is 38.7. The van der Waals surface area contributed by atoms with Crippen LogP contribution >= 0.6 is 0 Å². The van der Waals surface area contributed by atoms with Crippen molar-refractivity contribution in [2.45, 2.75) is 5.41 Å². The summed E-state index contributed by atoms with van der Waals surface area (Å²) < 4.78 is 42.2. The minimum absolute atomic E-state index is 0.176. The van der Waals surface area contributed by atoms with E-state index in [4.69, 9.17) is 6.85 Å². The van der Waals surface area contributed by atoms with Crippen molar-refractivity contribution in [1.29, 1.82) is 0 Å². The summed E-state index contributed by atoms with van der Waals surface area (Å²) in [5.41, 5.74) is 19.9. The van der Waals surface area contributed by atoms with Crippen molar-refractivity contribution in [3.63, 3.8) is 0 Å². The summed E-state index contributed by atoms with van der Waals surface area (Å²) in [6.45, 7) is 0. The lowest BCUT2D eigenvalue weighted by molar-refractivity contribution is 0.794. The number of hydrogen-bond donors (Lipinski definition) is 0. The molecule has 0 fully saturated rings. The number of anilines is 3. The molecule has 0 saturated carbocycles. The van der Waals surface area contributed by atoms with Crippen molar-refractivity contribution in [2.24, 2.45) is 0 Å². The number of hydrogen-bond acceptors (Lipinski definition) is 1. The molecule has 2 aliphatic rings. The van der Waals surface area contributed by atoms with Crippen molar-refractivity contribution in [3.05, 3.63) is 271 Å². The standard InChI is InChI=1S/C61H41N/c1-4-16-42(17-5-1)45-28-33-50(34-29-45)62(52-39-48(43-18-6-2-7-19-43)38-49(40-52)44-20-8-3-9-21-44)51-35-30-46(31-36-51)47-32-37-56-55-24-12-15-27-59(55)61(60(56)41-47)57-25-13-10-22-53(57)54-23-11-14-26-58(54)61/h1-41H/i1D,4D,5D,16D,17D. The van der Waals surface area contributed by atoms with E-state index in [0.717, 1.165) is 50.4 Å². The fraction of sp³-hybridized carbons (Fsp3) is 0.0164. The third kappa shape index (κ3) is 5.70. The third-order valence-corrected chi connectivity index (χ3v) is 12.8. The monoisotopic (exact) mass is 792 g/mol. The van der Waals surface area contributed by atoms with Gasteiger partial charge in [-0.05, 0) is 138 Å². The molecular weight excluding hydrogens is 747 g/mol. The van der Waals surface area contributed by atoms with Crippen molar-refractivity contribution < 1.29 is 6.85 Å². The molecule has 2 aliphatic carbocycles. The highest BCUT2D eigenvalue weighted by Crippen LogP contribution is 2.63. The molecule has 290 valence electrons. The Balaban J connectivity index is 1.01. The van der Waals surface area contributed by atoms with Crippen molar-refractivity contribution in [3.8, 4) is 66.8 Å². The molecule has 0 unspecified atom stereocenters. The molecule has 0 saturated heterocycles. The molecule has 0 bridgehead atoms. The maximum Gasteiger partial charge on any atom is 0.0725 e.